The van der Waals surface area contributed by atoms with Gasteiger partial charge in [-0.2, -0.15) is 15.8 Å². The number of amides is 1. The van der Waals surface area contributed by atoms with Crippen LogP contribution in [0.15, 0.2) is 51.7 Å². The Morgan fingerprint density at radius 2 is 2.04 bits per heavy atom. The smallest absolute Gasteiger partial charge is 0.219 e. The van der Waals surface area contributed by atoms with Crippen LogP contribution in [0.25, 0.3) is 0 Å². The lowest BCUT2D eigenvalue weighted by Gasteiger charge is -2.44. The van der Waals surface area contributed by atoms with Crippen molar-refractivity contribution in [3.05, 3.63) is 57.2 Å². The van der Waals surface area contributed by atoms with Crippen LogP contribution in [-0.2, 0) is 4.79 Å². The summed E-state index contributed by atoms with van der Waals surface area (Å²) >= 11 is 3.44. The molecule has 0 radical (unpaired) electrons. The van der Waals surface area contributed by atoms with Gasteiger partial charge in [0.05, 0.1) is 29.5 Å². The zero-order chi connectivity index (χ0) is 19.8. The fraction of sp³-hybridized carbons (Fsp3) is 0.300. The molecule has 2 aliphatic rings. The van der Waals surface area contributed by atoms with Gasteiger partial charge in [-0.25, -0.2) is 0 Å². The molecule has 2 atom stereocenters. The predicted molar refractivity (Wildman–Crippen MR) is 101 cm³/mol. The number of benzene rings is 1. The zero-order valence-corrected chi connectivity index (χ0v) is 16.2. The van der Waals surface area contributed by atoms with Crippen molar-refractivity contribution in [1.82, 2.24) is 4.90 Å². The monoisotopic (exact) mass is 421 g/mol. The van der Waals surface area contributed by atoms with E-state index in [1.54, 1.807) is 11.0 Å². The molecule has 0 unspecified atom stereocenters. The standard InChI is InChI=1S/C20H16BrN5O/c1-12(27)26-6-5-17-16(9-26)18(13-3-2-4-14(21)7-13)15(8-22)19(25)20(17,10-23)11-24/h2-5,7,16,18H,6,9,25H2,1H3/t16-,18+/m1/s1. The van der Waals surface area contributed by atoms with Gasteiger partial charge in [-0.05, 0) is 23.3 Å². The lowest BCUT2D eigenvalue weighted by molar-refractivity contribution is -0.129. The maximum Gasteiger partial charge on any atom is 0.219 e. The first kappa shape index (κ1) is 18.7. The molecule has 1 heterocycles. The third-order valence-electron chi connectivity index (χ3n) is 5.30. The van der Waals surface area contributed by atoms with Crippen molar-refractivity contribution in [2.75, 3.05) is 13.1 Å². The van der Waals surface area contributed by atoms with E-state index in [-0.39, 0.29) is 23.1 Å². The number of nitriles is 3. The zero-order valence-electron chi connectivity index (χ0n) is 14.6. The molecule has 0 saturated carbocycles. The van der Waals surface area contributed by atoms with Gasteiger partial charge in [-0.3, -0.25) is 4.79 Å². The van der Waals surface area contributed by atoms with Crippen LogP contribution in [0.1, 0.15) is 18.4 Å². The van der Waals surface area contributed by atoms with E-state index < -0.39 is 11.3 Å². The van der Waals surface area contributed by atoms with Gasteiger partial charge in [-0.1, -0.05) is 34.1 Å². The van der Waals surface area contributed by atoms with Crippen molar-refractivity contribution in [3.8, 4) is 18.2 Å². The fourth-order valence-electron chi connectivity index (χ4n) is 3.97. The minimum atomic E-state index is -1.68. The summed E-state index contributed by atoms with van der Waals surface area (Å²) < 4.78 is 0.845. The molecule has 0 saturated heterocycles. The van der Waals surface area contributed by atoms with E-state index in [1.165, 1.54) is 6.92 Å². The number of fused-ring (bicyclic) bond motifs is 1. The minimum Gasteiger partial charge on any atom is -0.399 e. The van der Waals surface area contributed by atoms with Gasteiger partial charge >= 0.3 is 0 Å². The first-order valence-corrected chi connectivity index (χ1v) is 9.13. The number of nitrogens with two attached hydrogens (primary N) is 1. The van der Waals surface area contributed by atoms with Gasteiger partial charge in [0.25, 0.3) is 0 Å². The second-order valence-electron chi connectivity index (χ2n) is 6.64. The van der Waals surface area contributed by atoms with Crippen molar-refractivity contribution in [2.45, 2.75) is 12.8 Å². The highest BCUT2D eigenvalue weighted by Crippen LogP contribution is 2.52. The van der Waals surface area contributed by atoms with Crippen LogP contribution in [0.3, 0.4) is 0 Å². The number of carbonyl (C=O) groups is 1. The van der Waals surface area contributed by atoms with Gasteiger partial charge in [0, 0.05) is 36.3 Å². The molecule has 0 aromatic heterocycles. The number of hydrogen-bond acceptors (Lipinski definition) is 5. The Bertz CT molecular complexity index is 990. The van der Waals surface area contributed by atoms with E-state index in [4.69, 9.17) is 5.73 Å². The largest absolute Gasteiger partial charge is 0.399 e. The summed E-state index contributed by atoms with van der Waals surface area (Å²) in [6, 6.07) is 13.7. The molecule has 7 heteroatoms. The van der Waals surface area contributed by atoms with Crippen molar-refractivity contribution >= 4 is 21.8 Å². The number of rotatable bonds is 1. The average molecular weight is 422 g/mol. The Kier molecular flexibility index (Phi) is 4.79. The topological polar surface area (TPSA) is 118 Å². The van der Waals surface area contributed by atoms with Crippen molar-refractivity contribution in [3.63, 3.8) is 0 Å². The molecule has 134 valence electrons. The third-order valence-corrected chi connectivity index (χ3v) is 5.79. The van der Waals surface area contributed by atoms with Crippen LogP contribution in [0.4, 0.5) is 0 Å². The lowest BCUT2D eigenvalue weighted by Crippen LogP contribution is -2.48. The SMILES string of the molecule is CC(=O)N1CC=C2[C@@H](C1)[C@@H](c1cccc(Br)c1)C(C#N)=C(N)C2(C#N)C#N. The molecule has 6 nitrogen and oxygen atoms in total. The predicted octanol–water partition coefficient (Wildman–Crippen LogP) is 2.72. The maximum absolute atomic E-state index is 11.9. The van der Waals surface area contributed by atoms with Crippen molar-refractivity contribution in [1.29, 1.82) is 15.8 Å². The molecule has 1 aromatic carbocycles. The molecule has 1 aromatic rings. The quantitative estimate of drug-likeness (QED) is 0.699. The Labute approximate surface area is 165 Å². The van der Waals surface area contributed by atoms with Crippen LogP contribution in [0, 0.1) is 45.3 Å². The summed E-state index contributed by atoms with van der Waals surface area (Å²) in [7, 11) is 0. The van der Waals surface area contributed by atoms with Gasteiger partial charge < -0.3 is 10.6 Å². The average Bonchev–Trinajstić information content (AvgIpc) is 2.67. The second-order valence-corrected chi connectivity index (χ2v) is 7.55. The Morgan fingerprint density at radius 1 is 1.33 bits per heavy atom. The highest BCUT2D eigenvalue weighted by atomic mass is 79.9. The van der Waals surface area contributed by atoms with Crippen LogP contribution in [0.2, 0.25) is 0 Å². The van der Waals surface area contributed by atoms with E-state index in [1.807, 2.05) is 36.4 Å². The molecule has 27 heavy (non-hydrogen) atoms. The summed E-state index contributed by atoms with van der Waals surface area (Å²) in [5.41, 5.74) is 6.17. The molecule has 0 fully saturated rings. The molecule has 3 rings (SSSR count). The van der Waals surface area contributed by atoms with Gasteiger partial charge in [0.2, 0.25) is 11.3 Å². The van der Waals surface area contributed by atoms with Crippen LogP contribution >= 0.6 is 15.9 Å². The molecule has 0 bridgehead atoms. The number of hydrogen-bond donors (Lipinski definition) is 1. The van der Waals surface area contributed by atoms with E-state index in [2.05, 4.69) is 22.0 Å². The number of halogens is 1. The van der Waals surface area contributed by atoms with Crippen LogP contribution in [-0.4, -0.2) is 23.9 Å². The number of carbonyl (C=O) groups excluding carboxylic acids is 1. The van der Waals surface area contributed by atoms with Crippen molar-refractivity contribution in [2.24, 2.45) is 17.1 Å². The van der Waals surface area contributed by atoms with E-state index in [0.29, 0.717) is 18.7 Å². The van der Waals surface area contributed by atoms with E-state index in [0.717, 1.165) is 10.0 Å². The summed E-state index contributed by atoms with van der Waals surface area (Å²) in [5, 5.41) is 29.5. The van der Waals surface area contributed by atoms with Gasteiger partial charge in [0.15, 0.2) is 0 Å². The summed E-state index contributed by atoms with van der Waals surface area (Å²) in [4.78, 5) is 13.6. The molecule has 1 aliphatic heterocycles. The van der Waals surface area contributed by atoms with E-state index >= 15 is 0 Å². The highest BCUT2D eigenvalue weighted by Gasteiger charge is 2.52. The molecule has 0 spiro atoms. The van der Waals surface area contributed by atoms with Crippen LogP contribution < -0.4 is 5.73 Å². The molecule has 2 N–H and O–H groups in total. The van der Waals surface area contributed by atoms with Gasteiger partial charge in [0.1, 0.15) is 0 Å². The Balaban J connectivity index is 2.31. The number of allylic oxidation sites excluding steroid dienone is 2. The molecule has 1 amide bonds. The number of nitrogens with zero attached hydrogens (tertiary/aromatic N) is 4. The van der Waals surface area contributed by atoms with Crippen molar-refractivity contribution < 1.29 is 4.79 Å². The first-order valence-electron chi connectivity index (χ1n) is 8.33. The fourth-order valence-corrected chi connectivity index (χ4v) is 4.39. The minimum absolute atomic E-state index is 0.0150. The first-order chi connectivity index (χ1) is 12.9. The molecular weight excluding hydrogens is 406 g/mol. The second kappa shape index (κ2) is 6.91. The lowest BCUT2D eigenvalue weighted by atomic mass is 9.60. The third kappa shape index (κ3) is 2.79. The molecule has 1 aliphatic carbocycles. The normalized spacial score (nSPS) is 23.4. The van der Waals surface area contributed by atoms with Gasteiger partial charge in [-0.15, -0.1) is 0 Å². The summed E-state index contributed by atoms with van der Waals surface area (Å²) in [6.45, 7) is 2.11. The highest BCUT2D eigenvalue weighted by molar-refractivity contribution is 9.10. The Hall–Kier alpha value is -3.08. The van der Waals surface area contributed by atoms with E-state index in [9.17, 15) is 20.6 Å². The van der Waals surface area contributed by atoms with Crippen LogP contribution in [0.5, 0.6) is 0 Å². The summed E-state index contributed by atoms with van der Waals surface area (Å²) in [6.07, 6.45) is 1.74. The molecular formula is C20H16BrN5O. The summed E-state index contributed by atoms with van der Waals surface area (Å²) in [5.74, 6) is -0.909. The maximum atomic E-state index is 11.9. The Morgan fingerprint density at radius 3 is 2.59 bits per heavy atom.